The first-order valence-corrected chi connectivity index (χ1v) is 29.8. The van der Waals surface area contributed by atoms with E-state index in [9.17, 15) is 92.3 Å². The van der Waals surface area contributed by atoms with Crippen molar-refractivity contribution in [2.45, 2.75) is 166 Å². The number of ketones is 1. The lowest BCUT2D eigenvalue weighted by Gasteiger charge is -2.33. The number of thioether (sulfide) groups is 1. The average Bonchev–Trinajstić information content (AvgIpc) is 3.98. The van der Waals surface area contributed by atoms with Crippen LogP contribution in [-0.4, -0.2) is 218 Å². The van der Waals surface area contributed by atoms with Gasteiger partial charge in [0.15, 0.2) is 0 Å². The maximum absolute atomic E-state index is 14.3. The maximum atomic E-state index is 14.3. The van der Waals surface area contributed by atoms with Crippen molar-refractivity contribution in [3.63, 3.8) is 0 Å². The van der Waals surface area contributed by atoms with Crippen molar-refractivity contribution in [1.29, 1.82) is 0 Å². The number of phenols is 1. The van der Waals surface area contributed by atoms with Gasteiger partial charge >= 0.3 is 11.9 Å². The van der Waals surface area contributed by atoms with E-state index in [4.69, 9.17) is 10.8 Å². The van der Waals surface area contributed by atoms with Crippen LogP contribution in [0.25, 0.3) is 0 Å². The van der Waals surface area contributed by atoms with Crippen LogP contribution in [0.2, 0.25) is 0 Å². The molecule has 1 fully saturated rings. The van der Waals surface area contributed by atoms with Crippen LogP contribution in [0.15, 0.2) is 24.3 Å². The Morgan fingerprint density at radius 1 is 0.602 bits per heavy atom. The number of carboxylic acid groups (broad SMARTS) is 2. The van der Waals surface area contributed by atoms with E-state index >= 15 is 0 Å². The highest BCUT2D eigenvalue weighted by Gasteiger charge is 2.42. The molecule has 12 amide bonds. The molecule has 1 saturated heterocycles. The van der Waals surface area contributed by atoms with Gasteiger partial charge in [-0.25, -0.2) is 0 Å². The van der Waals surface area contributed by atoms with Gasteiger partial charge in [0.2, 0.25) is 70.8 Å². The fraction of sp³-hybridized carbons (Fsp3) is 0.618. The van der Waals surface area contributed by atoms with Crippen LogP contribution in [0, 0.1) is 11.8 Å². The third-order valence-electron chi connectivity index (χ3n) is 13.7. The number of aliphatic hydroxyl groups excluding tert-OH is 2. The lowest BCUT2D eigenvalue weighted by Crippen LogP contribution is -2.61. The normalized spacial score (nSPS) is 15.9. The Balaban J connectivity index is 2.20. The van der Waals surface area contributed by atoms with Gasteiger partial charge in [0.1, 0.15) is 60.1 Å². The first-order chi connectivity index (χ1) is 41.4. The van der Waals surface area contributed by atoms with Crippen molar-refractivity contribution in [3.8, 4) is 5.75 Å². The number of carbonyl (C=O) groups excluding carboxylic acids is 13. The monoisotopic (exact) mass is 1260 g/mol. The molecule has 33 heteroatoms. The summed E-state index contributed by atoms with van der Waals surface area (Å²) in [6.45, 7) is 6.29. The second-order valence-corrected chi connectivity index (χ2v) is 22.4. The molecular formula is C55H84N12O20S. The Morgan fingerprint density at radius 2 is 1.09 bits per heavy atom. The molecule has 10 atom stereocenters. The van der Waals surface area contributed by atoms with Crippen LogP contribution in [0.4, 0.5) is 0 Å². The number of primary amides is 1. The number of hydrogen-bond donors (Lipinski definition) is 16. The molecule has 32 nitrogen and oxygen atoms in total. The molecule has 1 aromatic carbocycles. The Morgan fingerprint density at radius 3 is 1.60 bits per heavy atom. The van der Waals surface area contributed by atoms with Crippen LogP contribution in [-0.2, 0) is 78.3 Å². The number of likely N-dealkylation sites (tertiary alicyclic amines) is 1. The molecular weight excluding hydrogens is 1180 g/mol. The zero-order valence-corrected chi connectivity index (χ0v) is 51.0. The summed E-state index contributed by atoms with van der Waals surface area (Å²) >= 11 is 1.28. The van der Waals surface area contributed by atoms with E-state index in [1.807, 2.05) is 0 Å². The number of nitrogens with zero attached hydrogens (tertiary/aromatic N) is 1. The van der Waals surface area contributed by atoms with Crippen molar-refractivity contribution in [1.82, 2.24) is 58.1 Å². The SMILES string of the molecule is CCC[C@H](NC(=O)C1CCCN1C(=O)[C@@H](NC(=O)[C@@H](NC(=O)[C@H](CCC(=O)O)NC(=O)[C@H](CCC(=O)O)NC(C)=O)C(C)C)C(C)C)C(=O)C(=O)NCC(=O)N[C@H](CCSC)C(=O)N[C@@H](CO)C(=O)N[C@@H](Cc1ccc(O)cc1)C(=O)N[C@@H](CO)C(N)=O. The second-order valence-electron chi connectivity index (χ2n) is 21.4. The molecule has 1 unspecified atom stereocenters. The zero-order valence-electron chi connectivity index (χ0n) is 50.1. The fourth-order valence-electron chi connectivity index (χ4n) is 8.89. The summed E-state index contributed by atoms with van der Waals surface area (Å²) in [5, 5.41) is 71.7. The molecule has 2 rings (SSSR count). The highest BCUT2D eigenvalue weighted by Crippen LogP contribution is 2.22. The number of phenolic OH excluding ortho intramolecular Hbond substituents is 1. The van der Waals surface area contributed by atoms with Gasteiger partial charge in [-0.2, -0.15) is 11.8 Å². The van der Waals surface area contributed by atoms with Gasteiger partial charge in [0, 0.05) is 32.7 Å². The molecule has 490 valence electrons. The van der Waals surface area contributed by atoms with Crippen LogP contribution in [0.1, 0.15) is 105 Å². The molecule has 0 aliphatic carbocycles. The number of carbonyl (C=O) groups is 15. The summed E-state index contributed by atoms with van der Waals surface area (Å²) in [6, 6.07) is -9.09. The predicted octanol–water partition coefficient (Wildman–Crippen LogP) is -4.94. The minimum atomic E-state index is -1.73. The van der Waals surface area contributed by atoms with Gasteiger partial charge in [-0.15, -0.1) is 0 Å². The standard InChI is InChI=1S/C55H84N12O20S/c1-8-10-32(45(77)54(86)57-24-40(72)59-35(20-22-88-7)48(80)64-38(26-69)51(83)62-36(23-30-12-14-31(71)15-13-30)50(82)63-37(25-68)46(56)78)60-52(84)39-11-9-21-67(39)55(87)44(28(4)5)66-53(85)43(27(2)3)65-49(81)34(17-19-42(75)76)61-47(79)33(58-29(6)70)16-18-41(73)74/h12-15,27-28,32-39,43-44,68-69,71H,8-11,16-26H2,1-7H3,(H2,56,78)(H,57,86)(H,58,70)(H,59,72)(H,60,84)(H,61,79)(H,62,83)(H,63,82)(H,64,80)(H,65,81)(H,66,85)(H,73,74)(H,75,76)/t32-,33-,34-,35+,36-,37-,38-,39?,43-,44-/m0/s1. The van der Waals surface area contributed by atoms with E-state index < -0.39 is 200 Å². The van der Waals surface area contributed by atoms with Crippen molar-refractivity contribution >= 4 is 100 Å². The third kappa shape index (κ3) is 25.5. The van der Waals surface area contributed by atoms with E-state index in [0.29, 0.717) is 12.0 Å². The zero-order chi connectivity index (χ0) is 66.5. The summed E-state index contributed by atoms with van der Waals surface area (Å²) in [4.78, 5) is 197. The predicted molar refractivity (Wildman–Crippen MR) is 312 cm³/mol. The number of aliphatic hydroxyl groups is 2. The minimum Gasteiger partial charge on any atom is -0.508 e. The molecule has 1 aromatic rings. The van der Waals surface area contributed by atoms with E-state index in [-0.39, 0.29) is 56.6 Å². The van der Waals surface area contributed by atoms with Gasteiger partial charge < -0.3 is 89.3 Å². The Hall–Kier alpha value is -8.46. The number of carboxylic acids is 2. The summed E-state index contributed by atoms with van der Waals surface area (Å²) in [5.41, 5.74) is 5.65. The number of benzene rings is 1. The summed E-state index contributed by atoms with van der Waals surface area (Å²) in [5.74, 6) is -16.5. The van der Waals surface area contributed by atoms with E-state index in [1.54, 1.807) is 40.9 Å². The minimum absolute atomic E-state index is 0.0243. The van der Waals surface area contributed by atoms with Gasteiger partial charge in [0.25, 0.3) is 5.91 Å². The number of Topliss-reactive ketones (excluding diaryl/α,β-unsaturated/α-hetero) is 1. The van der Waals surface area contributed by atoms with Crippen LogP contribution < -0.4 is 58.9 Å². The van der Waals surface area contributed by atoms with Gasteiger partial charge in [-0.1, -0.05) is 53.2 Å². The fourth-order valence-corrected chi connectivity index (χ4v) is 9.37. The Bertz CT molecular complexity index is 2660. The topological polar surface area (TPSA) is 507 Å². The van der Waals surface area contributed by atoms with E-state index in [1.165, 1.54) is 40.9 Å². The highest BCUT2D eigenvalue weighted by atomic mass is 32.2. The first-order valence-electron chi connectivity index (χ1n) is 28.4. The molecule has 0 saturated carbocycles. The largest absolute Gasteiger partial charge is 0.508 e. The number of aliphatic carboxylic acids is 2. The molecule has 0 spiro atoms. The lowest BCUT2D eigenvalue weighted by molar-refractivity contribution is -0.144. The van der Waals surface area contributed by atoms with Crippen molar-refractivity contribution in [2.24, 2.45) is 17.6 Å². The number of nitrogens with one attached hydrogen (secondary N) is 10. The number of nitrogens with two attached hydrogens (primary N) is 1. The number of aromatic hydroxyl groups is 1. The van der Waals surface area contributed by atoms with Crippen molar-refractivity contribution < 1.29 is 97.5 Å². The van der Waals surface area contributed by atoms with Crippen LogP contribution >= 0.6 is 11.8 Å². The summed E-state index contributed by atoms with van der Waals surface area (Å²) in [6.07, 6.45) is -0.0515. The van der Waals surface area contributed by atoms with E-state index in [2.05, 4.69) is 53.2 Å². The Labute approximate surface area is 511 Å². The quantitative estimate of drug-likeness (QED) is 0.0275. The first kappa shape index (κ1) is 75.6. The van der Waals surface area contributed by atoms with E-state index in [0.717, 1.165) is 6.92 Å². The van der Waals surface area contributed by atoms with Gasteiger partial charge in [-0.3, -0.25) is 71.9 Å². The summed E-state index contributed by atoms with van der Waals surface area (Å²) < 4.78 is 0. The van der Waals surface area contributed by atoms with Gasteiger partial charge in [-0.05, 0) is 80.1 Å². The number of hydrogen-bond acceptors (Lipinski definition) is 19. The van der Waals surface area contributed by atoms with Crippen molar-refractivity contribution in [3.05, 3.63) is 29.8 Å². The maximum Gasteiger partial charge on any atom is 0.303 e. The lowest BCUT2D eigenvalue weighted by atomic mass is 9.98. The summed E-state index contributed by atoms with van der Waals surface area (Å²) in [7, 11) is 0. The molecule has 17 N–H and O–H groups in total. The molecule has 1 heterocycles. The highest BCUT2D eigenvalue weighted by molar-refractivity contribution is 7.98. The molecule has 0 aromatic heterocycles. The number of amides is 12. The molecule has 0 radical (unpaired) electrons. The molecule has 1 aliphatic heterocycles. The van der Waals surface area contributed by atoms with Crippen LogP contribution in [0.3, 0.4) is 0 Å². The number of rotatable bonds is 39. The molecule has 1 aliphatic rings. The van der Waals surface area contributed by atoms with Gasteiger partial charge in [0.05, 0.1) is 25.8 Å². The Kier molecular flexibility index (Phi) is 32.6. The third-order valence-corrected chi connectivity index (χ3v) is 14.4. The van der Waals surface area contributed by atoms with Crippen molar-refractivity contribution in [2.75, 3.05) is 38.3 Å². The average molecular weight is 1270 g/mol. The molecule has 0 bridgehead atoms. The second kappa shape index (κ2) is 38.0. The van der Waals surface area contributed by atoms with Crippen LogP contribution in [0.5, 0.6) is 5.75 Å². The smallest absolute Gasteiger partial charge is 0.303 e. The molecule has 88 heavy (non-hydrogen) atoms.